The van der Waals surface area contributed by atoms with Crippen LogP contribution < -0.4 is 0 Å². The minimum absolute atomic E-state index is 0.750. The topological polar surface area (TPSA) is 17.1 Å². The van der Waals surface area contributed by atoms with Crippen molar-refractivity contribution in [2.45, 2.75) is 25.7 Å². The number of fused-ring (bicyclic) bond motifs is 1. The molecule has 0 aliphatic carbocycles. The van der Waals surface area contributed by atoms with Gasteiger partial charge in [0.1, 0.15) is 6.29 Å². The number of rotatable bonds is 0. The van der Waals surface area contributed by atoms with E-state index in [9.17, 15) is 0 Å². The molecule has 2 heteroatoms. The Morgan fingerprint density at radius 3 is 2.47 bits per heavy atom. The smallest absolute Gasteiger partial charge is 0.116 e. The van der Waals surface area contributed by atoms with Crippen molar-refractivity contribution < 1.29 is 4.79 Å². The highest BCUT2D eigenvalue weighted by Gasteiger charge is 1.98. The van der Waals surface area contributed by atoms with E-state index >= 15 is 0 Å². The van der Waals surface area contributed by atoms with Crippen molar-refractivity contribution in [3.8, 4) is 0 Å². The molecule has 0 fully saturated rings. The largest absolute Gasteiger partial charge is 0.304 e. The number of thioether (sulfide) groups is 1. The predicted octanol–water partition coefficient (Wildman–Crippen LogP) is 4.15. The molecule has 0 aromatic heterocycles. The van der Waals surface area contributed by atoms with Gasteiger partial charge in [0.05, 0.1) is 0 Å². The quantitative estimate of drug-likeness (QED) is 0.482. The fraction of sp³-hybridized carbons (Fsp3) is 0.231. The maximum atomic E-state index is 8.81. The van der Waals surface area contributed by atoms with Crippen LogP contribution in [0, 0.1) is 0 Å². The summed E-state index contributed by atoms with van der Waals surface area (Å²) in [7, 11) is 0. The molecule has 2 rings (SSSR count). The van der Waals surface area contributed by atoms with E-state index in [1.54, 1.807) is 11.8 Å². The van der Waals surface area contributed by atoms with Crippen LogP contribution in [-0.2, 0) is 4.79 Å². The minimum atomic E-state index is 0.750. The summed E-state index contributed by atoms with van der Waals surface area (Å²) in [6.45, 7) is 5.44. The zero-order valence-electron chi connectivity index (χ0n) is 9.36. The number of carbonyl (C=O) groups is 1. The van der Waals surface area contributed by atoms with E-state index in [4.69, 9.17) is 4.79 Å². The molecule has 1 aromatic carbocycles. The minimum Gasteiger partial charge on any atom is -0.304 e. The summed E-state index contributed by atoms with van der Waals surface area (Å²) in [5, 5.41) is 1.97. The van der Waals surface area contributed by atoms with E-state index < -0.39 is 0 Å². The molecular weight excluding hydrogens is 204 g/mol. The molecule has 0 saturated carbocycles. The number of hydrogen-bond acceptors (Lipinski definition) is 2. The van der Waals surface area contributed by atoms with Crippen molar-refractivity contribution in [1.82, 2.24) is 0 Å². The predicted molar refractivity (Wildman–Crippen MR) is 67.9 cm³/mol. The molecule has 0 saturated heterocycles. The molecule has 15 heavy (non-hydrogen) atoms. The Hall–Kier alpha value is -1.24. The average Bonchev–Trinajstić information content (AvgIpc) is 2.33. The third kappa shape index (κ3) is 5.26. The van der Waals surface area contributed by atoms with Gasteiger partial charge in [-0.1, -0.05) is 43.8 Å². The van der Waals surface area contributed by atoms with E-state index in [1.165, 1.54) is 17.4 Å². The second-order valence-corrected chi connectivity index (χ2v) is 3.23. The van der Waals surface area contributed by atoms with Gasteiger partial charge in [0.15, 0.2) is 0 Å². The van der Waals surface area contributed by atoms with E-state index in [1.807, 2.05) is 31.4 Å². The highest BCUT2D eigenvalue weighted by atomic mass is 32.2. The number of benzene rings is 1. The van der Waals surface area contributed by atoms with Gasteiger partial charge >= 0.3 is 0 Å². The third-order valence-corrected chi connectivity index (χ3v) is 2.29. The van der Waals surface area contributed by atoms with Crippen LogP contribution in [0.15, 0.2) is 40.3 Å². The molecule has 0 amide bonds. The van der Waals surface area contributed by atoms with Crippen molar-refractivity contribution >= 4 is 24.1 Å². The van der Waals surface area contributed by atoms with Gasteiger partial charge in [0.25, 0.3) is 0 Å². The standard InChI is InChI=1S/C9H6S.C2H4O.C2H6/c1-2-6-9-8(4-1)5-3-7-10-9;1-2-3;1-2/h1-2,4-7H;2H,1H3;1-2H3. The van der Waals surface area contributed by atoms with Crippen LogP contribution in [0.2, 0.25) is 0 Å². The summed E-state index contributed by atoms with van der Waals surface area (Å²) in [6, 6.07) is 8.32. The van der Waals surface area contributed by atoms with Crippen molar-refractivity contribution in [2.24, 2.45) is 0 Å². The van der Waals surface area contributed by atoms with Crippen LogP contribution in [0.3, 0.4) is 0 Å². The monoisotopic (exact) mass is 220 g/mol. The normalized spacial score (nSPS) is 10.1. The molecule has 80 valence electrons. The lowest BCUT2D eigenvalue weighted by molar-refractivity contribution is -0.106. The molecule has 0 spiro atoms. The molecule has 0 N–H and O–H groups in total. The van der Waals surface area contributed by atoms with Crippen LogP contribution in [0.1, 0.15) is 26.3 Å². The second kappa shape index (κ2) is 9.32. The number of carbonyl (C=O) groups excluding carboxylic acids is 1. The van der Waals surface area contributed by atoms with Gasteiger partial charge in [-0.2, -0.15) is 0 Å². The summed E-state index contributed by atoms with van der Waals surface area (Å²) in [6.07, 6.45) is 2.76. The van der Waals surface area contributed by atoms with E-state index in [0.29, 0.717) is 0 Å². The van der Waals surface area contributed by atoms with Crippen LogP contribution in [0.4, 0.5) is 0 Å². The highest BCUT2D eigenvalue weighted by Crippen LogP contribution is 2.26. The van der Waals surface area contributed by atoms with Crippen molar-refractivity contribution in [1.29, 1.82) is 0 Å². The van der Waals surface area contributed by atoms with Crippen molar-refractivity contribution in [3.63, 3.8) is 0 Å². The lowest BCUT2D eigenvalue weighted by Gasteiger charge is -2.02. The number of aldehydes is 1. The summed E-state index contributed by atoms with van der Waals surface area (Å²) < 4.78 is 0. The van der Waals surface area contributed by atoms with Gasteiger partial charge in [0, 0.05) is 10.3 Å². The first-order valence-electron chi connectivity index (χ1n) is 4.95. The first-order chi connectivity index (χ1) is 7.38. The van der Waals surface area contributed by atoms with Crippen LogP contribution >= 0.6 is 11.8 Å². The Labute approximate surface area is 95.9 Å². The highest BCUT2D eigenvalue weighted by molar-refractivity contribution is 8.02. The van der Waals surface area contributed by atoms with E-state index in [0.717, 1.165) is 6.29 Å². The van der Waals surface area contributed by atoms with Crippen LogP contribution in [0.25, 0.3) is 6.08 Å². The number of hydrogen-bond donors (Lipinski definition) is 0. The van der Waals surface area contributed by atoms with Gasteiger partial charge in [0.2, 0.25) is 0 Å². The van der Waals surface area contributed by atoms with Crippen molar-refractivity contribution in [2.75, 3.05) is 0 Å². The third-order valence-electron chi connectivity index (χ3n) is 1.41. The van der Waals surface area contributed by atoms with Gasteiger partial charge in [-0.3, -0.25) is 0 Å². The molecule has 1 aliphatic heterocycles. The molecule has 1 heterocycles. The van der Waals surface area contributed by atoms with Gasteiger partial charge in [-0.25, -0.2) is 0 Å². The first kappa shape index (κ1) is 13.8. The maximum absolute atomic E-state index is 8.81. The average molecular weight is 220 g/mol. The molecule has 1 nitrogen and oxygen atoms in total. The summed E-state index contributed by atoms with van der Waals surface area (Å²) in [4.78, 5) is 10.1. The maximum Gasteiger partial charge on any atom is 0.116 e. The van der Waals surface area contributed by atoms with Gasteiger partial charge in [-0.15, -0.1) is 5.73 Å². The van der Waals surface area contributed by atoms with Gasteiger partial charge in [-0.05, 0) is 24.6 Å². The summed E-state index contributed by atoms with van der Waals surface area (Å²) in [5.41, 5.74) is 4.33. The van der Waals surface area contributed by atoms with E-state index in [2.05, 4.69) is 23.9 Å². The Morgan fingerprint density at radius 1 is 1.27 bits per heavy atom. The van der Waals surface area contributed by atoms with Crippen molar-refractivity contribution in [3.05, 3.63) is 41.0 Å². The first-order valence-corrected chi connectivity index (χ1v) is 5.83. The molecule has 0 radical (unpaired) electrons. The Bertz CT molecular complexity index is 349. The van der Waals surface area contributed by atoms with Crippen LogP contribution in [0.5, 0.6) is 0 Å². The molecule has 0 unspecified atom stereocenters. The molecule has 1 aromatic rings. The SMILES string of the molecule is C1=CSc2ccccc2C=1.CC.CC=O. The molecule has 1 aliphatic rings. The lowest BCUT2D eigenvalue weighted by Crippen LogP contribution is -1.77. The molecule has 0 bridgehead atoms. The Morgan fingerprint density at radius 2 is 1.87 bits per heavy atom. The zero-order valence-corrected chi connectivity index (χ0v) is 10.2. The fourth-order valence-electron chi connectivity index (χ4n) is 0.928. The Balaban J connectivity index is 0.000000342. The zero-order chi connectivity index (χ0) is 11.5. The molecule has 0 atom stereocenters. The second-order valence-electron chi connectivity index (χ2n) is 2.32. The van der Waals surface area contributed by atoms with Gasteiger partial charge < -0.3 is 4.79 Å². The summed E-state index contributed by atoms with van der Waals surface area (Å²) in [5.74, 6) is 0. The van der Waals surface area contributed by atoms with Crippen LogP contribution in [-0.4, -0.2) is 6.29 Å². The summed E-state index contributed by atoms with van der Waals surface area (Å²) >= 11 is 1.72. The molecular formula is C13H16OS. The lowest BCUT2D eigenvalue weighted by atomic mass is 10.2. The fourth-order valence-corrected chi connectivity index (χ4v) is 1.61. The Kier molecular flexibility index (Phi) is 8.55. The van der Waals surface area contributed by atoms with E-state index in [-0.39, 0.29) is 0 Å².